The lowest BCUT2D eigenvalue weighted by Crippen LogP contribution is -2.48. The molecule has 7 nitrogen and oxygen atoms in total. The zero-order valence-electron chi connectivity index (χ0n) is 19.9. The average molecular weight is 491 g/mol. The molecule has 35 heavy (non-hydrogen) atoms. The second kappa shape index (κ2) is 11.2. The molecule has 1 unspecified atom stereocenters. The SMILES string of the molecule is CCC(C)N(CC(=O)N(Cc1ccco1)Cc1cccn1C)C(=O)Nc1ccc(C(F)(F)F)cc1. The molecule has 1 N–H and O–H groups in total. The second-order valence-electron chi connectivity index (χ2n) is 8.33. The first-order valence-electron chi connectivity index (χ1n) is 11.2. The summed E-state index contributed by atoms with van der Waals surface area (Å²) in [4.78, 5) is 29.4. The zero-order chi connectivity index (χ0) is 25.6. The van der Waals surface area contributed by atoms with Crippen molar-refractivity contribution in [2.24, 2.45) is 7.05 Å². The number of urea groups is 1. The van der Waals surface area contributed by atoms with Gasteiger partial charge < -0.3 is 24.1 Å². The summed E-state index contributed by atoms with van der Waals surface area (Å²) in [5, 5.41) is 2.61. The van der Waals surface area contributed by atoms with Crippen molar-refractivity contribution < 1.29 is 27.2 Å². The minimum absolute atomic E-state index is 0.202. The number of halogens is 3. The lowest BCUT2D eigenvalue weighted by molar-refractivity contribution is -0.137. The maximum Gasteiger partial charge on any atom is 0.416 e. The van der Waals surface area contributed by atoms with Crippen LogP contribution in [0.4, 0.5) is 23.7 Å². The lowest BCUT2D eigenvalue weighted by Gasteiger charge is -2.31. The largest absolute Gasteiger partial charge is 0.467 e. The Balaban J connectivity index is 1.76. The van der Waals surface area contributed by atoms with Crippen LogP contribution in [0.1, 0.15) is 37.3 Å². The van der Waals surface area contributed by atoms with Crippen LogP contribution in [0.15, 0.2) is 65.4 Å². The van der Waals surface area contributed by atoms with Crippen molar-refractivity contribution in [3.8, 4) is 0 Å². The van der Waals surface area contributed by atoms with Crippen molar-refractivity contribution >= 4 is 17.6 Å². The third kappa shape index (κ3) is 6.91. The maximum atomic E-state index is 13.4. The summed E-state index contributed by atoms with van der Waals surface area (Å²) in [7, 11) is 1.88. The summed E-state index contributed by atoms with van der Waals surface area (Å²) in [6.07, 6.45) is -0.464. The molecule has 0 bridgehead atoms. The summed E-state index contributed by atoms with van der Waals surface area (Å²) in [6, 6.07) is 10.6. The van der Waals surface area contributed by atoms with Crippen LogP contribution < -0.4 is 5.32 Å². The van der Waals surface area contributed by atoms with E-state index in [1.54, 1.807) is 17.0 Å². The summed E-state index contributed by atoms with van der Waals surface area (Å²) in [6.45, 7) is 4.04. The van der Waals surface area contributed by atoms with Gasteiger partial charge >= 0.3 is 12.2 Å². The lowest BCUT2D eigenvalue weighted by atomic mass is 10.2. The van der Waals surface area contributed by atoms with Gasteiger partial charge in [0.15, 0.2) is 0 Å². The Morgan fingerprint density at radius 2 is 1.80 bits per heavy atom. The standard InChI is InChI=1S/C25H29F3N4O3/c1-4-18(2)32(24(34)29-20-11-9-19(10-12-20)25(26,27)28)17-23(33)31(16-22-8-6-14-35-22)15-21-7-5-13-30(21)3/h5-14,18H,4,15-17H2,1-3H3,(H,29,34). The van der Waals surface area contributed by atoms with Crippen LogP contribution in [0.3, 0.4) is 0 Å². The molecule has 1 atom stereocenters. The number of furan rings is 1. The molecule has 2 heterocycles. The molecule has 0 saturated heterocycles. The van der Waals surface area contributed by atoms with Gasteiger partial charge in [0.05, 0.1) is 24.9 Å². The Bertz CT molecular complexity index is 1110. The van der Waals surface area contributed by atoms with Gasteiger partial charge in [-0.1, -0.05) is 6.92 Å². The Kier molecular flexibility index (Phi) is 8.26. The van der Waals surface area contributed by atoms with E-state index in [0.29, 0.717) is 18.7 Å². The molecule has 3 amide bonds. The number of rotatable bonds is 9. The van der Waals surface area contributed by atoms with Gasteiger partial charge in [-0.15, -0.1) is 0 Å². The minimum Gasteiger partial charge on any atom is -0.467 e. The fraction of sp³-hybridized carbons (Fsp3) is 0.360. The molecule has 3 rings (SSSR count). The molecule has 1 aromatic carbocycles. The van der Waals surface area contributed by atoms with E-state index in [2.05, 4.69) is 5.32 Å². The molecule has 0 spiro atoms. The van der Waals surface area contributed by atoms with E-state index in [4.69, 9.17) is 4.42 Å². The fourth-order valence-corrected chi connectivity index (χ4v) is 3.51. The van der Waals surface area contributed by atoms with E-state index in [1.165, 1.54) is 23.3 Å². The van der Waals surface area contributed by atoms with E-state index < -0.39 is 17.8 Å². The Hall–Kier alpha value is -3.69. The fourth-order valence-electron chi connectivity index (χ4n) is 3.51. The molecule has 188 valence electrons. The van der Waals surface area contributed by atoms with E-state index in [9.17, 15) is 22.8 Å². The highest BCUT2D eigenvalue weighted by Gasteiger charge is 2.30. The van der Waals surface area contributed by atoms with Crippen molar-refractivity contribution in [3.05, 3.63) is 78.0 Å². The van der Waals surface area contributed by atoms with Gasteiger partial charge in [-0.3, -0.25) is 4.79 Å². The number of alkyl halides is 3. The quantitative estimate of drug-likeness (QED) is 0.431. The predicted octanol–water partition coefficient (Wildman–Crippen LogP) is 5.50. The van der Waals surface area contributed by atoms with Gasteiger partial charge in [0.1, 0.15) is 12.3 Å². The molecule has 0 fully saturated rings. The number of nitrogens with one attached hydrogen (secondary N) is 1. The highest BCUT2D eigenvalue weighted by atomic mass is 19.4. The van der Waals surface area contributed by atoms with Gasteiger partial charge in [-0.25, -0.2) is 4.79 Å². The van der Waals surface area contributed by atoms with E-state index >= 15 is 0 Å². The number of benzene rings is 1. The Labute approximate surface area is 202 Å². The number of amides is 3. The molecule has 10 heteroatoms. The number of carbonyl (C=O) groups is 2. The minimum atomic E-state index is -4.46. The van der Waals surface area contributed by atoms with Crippen molar-refractivity contribution in [1.82, 2.24) is 14.4 Å². The molecule has 2 aromatic heterocycles. The van der Waals surface area contributed by atoms with Crippen molar-refractivity contribution in [1.29, 1.82) is 0 Å². The summed E-state index contributed by atoms with van der Waals surface area (Å²) in [5.74, 6) is 0.322. The normalized spacial score (nSPS) is 12.3. The second-order valence-corrected chi connectivity index (χ2v) is 8.33. The Morgan fingerprint density at radius 1 is 1.09 bits per heavy atom. The molecule has 0 aliphatic rings. The van der Waals surface area contributed by atoms with E-state index in [1.807, 2.05) is 43.8 Å². The van der Waals surface area contributed by atoms with Crippen LogP contribution in [0.5, 0.6) is 0 Å². The van der Waals surface area contributed by atoms with Crippen molar-refractivity contribution in [3.63, 3.8) is 0 Å². The first kappa shape index (κ1) is 25.9. The third-order valence-corrected chi connectivity index (χ3v) is 5.84. The summed E-state index contributed by atoms with van der Waals surface area (Å²) < 4.78 is 45.8. The Morgan fingerprint density at radius 3 is 2.34 bits per heavy atom. The van der Waals surface area contributed by atoms with Crippen LogP contribution >= 0.6 is 0 Å². The van der Waals surface area contributed by atoms with Crippen LogP contribution in [0.2, 0.25) is 0 Å². The average Bonchev–Trinajstić information content (AvgIpc) is 3.47. The van der Waals surface area contributed by atoms with E-state index in [0.717, 1.165) is 17.8 Å². The van der Waals surface area contributed by atoms with Gasteiger partial charge in [0.25, 0.3) is 0 Å². The molecule has 3 aromatic rings. The molecule has 0 radical (unpaired) electrons. The van der Waals surface area contributed by atoms with E-state index in [-0.39, 0.29) is 30.7 Å². The number of nitrogens with zero attached hydrogens (tertiary/aromatic N) is 3. The predicted molar refractivity (Wildman–Crippen MR) is 125 cm³/mol. The van der Waals surface area contributed by atoms with Crippen LogP contribution in [0.25, 0.3) is 0 Å². The van der Waals surface area contributed by atoms with Crippen LogP contribution in [-0.2, 0) is 31.1 Å². The number of carbonyl (C=O) groups excluding carboxylic acids is 2. The molecule has 0 aliphatic carbocycles. The van der Waals surface area contributed by atoms with Gasteiger partial charge in [0.2, 0.25) is 5.91 Å². The monoisotopic (exact) mass is 490 g/mol. The third-order valence-electron chi connectivity index (χ3n) is 5.84. The molecule has 0 saturated carbocycles. The number of hydrogen-bond acceptors (Lipinski definition) is 3. The maximum absolute atomic E-state index is 13.4. The first-order chi connectivity index (χ1) is 16.6. The number of aromatic nitrogens is 1. The molecule has 0 aliphatic heterocycles. The zero-order valence-corrected chi connectivity index (χ0v) is 19.9. The smallest absolute Gasteiger partial charge is 0.416 e. The van der Waals surface area contributed by atoms with Gasteiger partial charge in [-0.05, 0) is 61.9 Å². The number of anilines is 1. The highest BCUT2D eigenvalue weighted by Crippen LogP contribution is 2.30. The summed E-state index contributed by atoms with van der Waals surface area (Å²) in [5.41, 5.74) is 0.313. The first-order valence-corrected chi connectivity index (χ1v) is 11.2. The molecular weight excluding hydrogens is 461 g/mol. The van der Waals surface area contributed by atoms with Crippen molar-refractivity contribution in [2.45, 2.75) is 45.6 Å². The van der Waals surface area contributed by atoms with Crippen molar-refractivity contribution in [2.75, 3.05) is 11.9 Å². The van der Waals surface area contributed by atoms with Crippen LogP contribution in [-0.4, -0.2) is 38.9 Å². The van der Waals surface area contributed by atoms with Gasteiger partial charge in [-0.2, -0.15) is 13.2 Å². The topological polar surface area (TPSA) is 70.7 Å². The number of aryl methyl sites for hydroxylation is 1. The van der Waals surface area contributed by atoms with Gasteiger partial charge in [0, 0.05) is 30.7 Å². The molecular formula is C25H29F3N4O3. The summed E-state index contributed by atoms with van der Waals surface area (Å²) >= 11 is 0. The number of hydrogen-bond donors (Lipinski definition) is 1. The highest BCUT2D eigenvalue weighted by molar-refractivity contribution is 5.92. The van der Waals surface area contributed by atoms with Crippen LogP contribution in [0, 0.1) is 0 Å².